The highest BCUT2D eigenvalue weighted by Gasteiger charge is 2.14. The molecule has 1 aromatic rings. The second kappa shape index (κ2) is 4.67. The average molecular weight is 218 g/mol. The fourth-order valence-electron chi connectivity index (χ4n) is 1.80. The number of allylic oxidation sites excluding steroid dienone is 2. The van der Waals surface area contributed by atoms with E-state index in [1.807, 2.05) is 30.5 Å². The highest BCUT2D eigenvalue weighted by molar-refractivity contribution is 7.98. The van der Waals surface area contributed by atoms with Crippen LogP contribution in [0.5, 0.6) is 0 Å². The lowest BCUT2D eigenvalue weighted by Crippen LogP contribution is -2.00. The summed E-state index contributed by atoms with van der Waals surface area (Å²) in [6, 6.07) is 7.86. The van der Waals surface area contributed by atoms with E-state index in [2.05, 4.69) is 6.08 Å². The van der Waals surface area contributed by atoms with Gasteiger partial charge in [0.25, 0.3) is 0 Å². The maximum atomic E-state index is 12.0. The van der Waals surface area contributed by atoms with Crippen molar-refractivity contribution in [1.29, 1.82) is 0 Å². The standard InChI is InChI=1S/C13H14OS/c1-15-12-8-6-11(7-9-12)13(14)10-4-2-3-5-10/h4,6-9H,2-3,5H2,1H3. The third-order valence-electron chi connectivity index (χ3n) is 2.68. The maximum Gasteiger partial charge on any atom is 0.188 e. The normalized spacial score (nSPS) is 15.1. The Hall–Kier alpha value is -1.02. The molecular formula is C13H14OS. The van der Waals surface area contributed by atoms with Gasteiger partial charge in [-0.15, -0.1) is 11.8 Å². The Bertz CT molecular complexity index is 390. The highest BCUT2D eigenvalue weighted by atomic mass is 32.2. The van der Waals surface area contributed by atoms with E-state index >= 15 is 0 Å². The maximum absolute atomic E-state index is 12.0. The van der Waals surface area contributed by atoms with Gasteiger partial charge in [0.15, 0.2) is 5.78 Å². The van der Waals surface area contributed by atoms with Gasteiger partial charge in [-0.3, -0.25) is 4.79 Å². The molecule has 2 rings (SSSR count). The molecule has 0 aliphatic heterocycles. The Labute approximate surface area is 94.6 Å². The smallest absolute Gasteiger partial charge is 0.188 e. The van der Waals surface area contributed by atoms with E-state index in [1.165, 1.54) is 4.90 Å². The quantitative estimate of drug-likeness (QED) is 0.568. The monoisotopic (exact) mass is 218 g/mol. The second-order valence-electron chi connectivity index (χ2n) is 3.68. The Morgan fingerprint density at radius 1 is 1.27 bits per heavy atom. The summed E-state index contributed by atoms with van der Waals surface area (Å²) in [5, 5.41) is 0. The van der Waals surface area contributed by atoms with Gasteiger partial charge in [0, 0.05) is 10.5 Å². The molecule has 0 spiro atoms. The van der Waals surface area contributed by atoms with Gasteiger partial charge in [-0.2, -0.15) is 0 Å². The summed E-state index contributed by atoms with van der Waals surface area (Å²) in [5.41, 5.74) is 1.81. The van der Waals surface area contributed by atoms with Gasteiger partial charge < -0.3 is 0 Å². The van der Waals surface area contributed by atoms with Gasteiger partial charge in [-0.1, -0.05) is 6.08 Å². The molecule has 1 aliphatic carbocycles. The van der Waals surface area contributed by atoms with E-state index in [0.29, 0.717) is 0 Å². The molecule has 0 aromatic heterocycles. The van der Waals surface area contributed by atoms with E-state index in [0.717, 1.165) is 30.4 Å². The predicted molar refractivity (Wildman–Crippen MR) is 64.5 cm³/mol. The molecule has 0 N–H and O–H groups in total. The molecule has 0 saturated heterocycles. The zero-order valence-corrected chi connectivity index (χ0v) is 9.64. The van der Waals surface area contributed by atoms with Gasteiger partial charge in [0.2, 0.25) is 0 Å². The first-order valence-electron chi connectivity index (χ1n) is 5.19. The second-order valence-corrected chi connectivity index (χ2v) is 4.56. The lowest BCUT2D eigenvalue weighted by Gasteiger charge is -2.02. The number of ketones is 1. The van der Waals surface area contributed by atoms with Gasteiger partial charge >= 0.3 is 0 Å². The fraction of sp³-hybridized carbons (Fsp3) is 0.308. The minimum absolute atomic E-state index is 0.208. The van der Waals surface area contributed by atoms with Crippen molar-refractivity contribution >= 4 is 17.5 Å². The molecule has 78 valence electrons. The summed E-state index contributed by atoms with van der Waals surface area (Å²) < 4.78 is 0. The van der Waals surface area contributed by atoms with Crippen molar-refractivity contribution < 1.29 is 4.79 Å². The van der Waals surface area contributed by atoms with Crippen molar-refractivity contribution in [3.63, 3.8) is 0 Å². The highest BCUT2D eigenvalue weighted by Crippen LogP contribution is 2.23. The molecule has 1 nitrogen and oxygen atoms in total. The van der Waals surface area contributed by atoms with Crippen molar-refractivity contribution in [2.45, 2.75) is 24.2 Å². The van der Waals surface area contributed by atoms with E-state index in [-0.39, 0.29) is 5.78 Å². The molecule has 1 aromatic carbocycles. The van der Waals surface area contributed by atoms with Crippen LogP contribution in [0.2, 0.25) is 0 Å². The van der Waals surface area contributed by atoms with Gasteiger partial charge in [0.05, 0.1) is 0 Å². The topological polar surface area (TPSA) is 17.1 Å². The van der Waals surface area contributed by atoms with Crippen LogP contribution in [0.15, 0.2) is 40.8 Å². The van der Waals surface area contributed by atoms with Crippen molar-refractivity contribution in [3.05, 3.63) is 41.5 Å². The van der Waals surface area contributed by atoms with Crippen LogP contribution in [0.25, 0.3) is 0 Å². The molecule has 0 saturated carbocycles. The largest absolute Gasteiger partial charge is 0.289 e. The third-order valence-corrected chi connectivity index (χ3v) is 3.43. The Balaban J connectivity index is 2.18. The number of thioether (sulfide) groups is 1. The first kappa shape index (κ1) is 10.5. The molecule has 0 unspecified atom stereocenters. The van der Waals surface area contributed by atoms with E-state index in [4.69, 9.17) is 0 Å². The summed E-state index contributed by atoms with van der Waals surface area (Å²) in [4.78, 5) is 13.2. The average Bonchev–Trinajstić information content (AvgIpc) is 2.82. The fourth-order valence-corrected chi connectivity index (χ4v) is 2.21. The molecule has 0 amide bonds. The minimum Gasteiger partial charge on any atom is -0.289 e. The van der Waals surface area contributed by atoms with Crippen molar-refractivity contribution in [2.75, 3.05) is 6.26 Å². The molecule has 1 aliphatic rings. The predicted octanol–water partition coefficient (Wildman–Crippen LogP) is 3.70. The molecular weight excluding hydrogens is 204 g/mol. The van der Waals surface area contributed by atoms with Crippen LogP contribution in [0.3, 0.4) is 0 Å². The van der Waals surface area contributed by atoms with Crippen LogP contribution in [-0.2, 0) is 0 Å². The van der Waals surface area contributed by atoms with Crippen LogP contribution >= 0.6 is 11.8 Å². The summed E-state index contributed by atoms with van der Waals surface area (Å²) in [5.74, 6) is 0.208. The number of rotatable bonds is 3. The van der Waals surface area contributed by atoms with Crippen LogP contribution in [0.4, 0.5) is 0 Å². The molecule has 0 fully saturated rings. The first-order chi connectivity index (χ1) is 7.31. The minimum atomic E-state index is 0.208. The zero-order chi connectivity index (χ0) is 10.7. The van der Waals surface area contributed by atoms with Crippen LogP contribution in [0, 0.1) is 0 Å². The van der Waals surface area contributed by atoms with E-state index in [1.54, 1.807) is 11.8 Å². The van der Waals surface area contributed by atoms with Gasteiger partial charge in [-0.25, -0.2) is 0 Å². The van der Waals surface area contributed by atoms with Crippen LogP contribution < -0.4 is 0 Å². The SMILES string of the molecule is CSc1ccc(C(=O)C2=CCCC2)cc1. The van der Waals surface area contributed by atoms with Gasteiger partial charge in [-0.05, 0) is 55.4 Å². The molecule has 15 heavy (non-hydrogen) atoms. The lowest BCUT2D eigenvalue weighted by atomic mass is 10.0. The number of carbonyl (C=O) groups excluding carboxylic acids is 1. The molecule has 0 heterocycles. The summed E-state index contributed by atoms with van der Waals surface area (Å²) >= 11 is 1.70. The first-order valence-corrected chi connectivity index (χ1v) is 6.41. The summed E-state index contributed by atoms with van der Waals surface area (Å²) in [6.07, 6.45) is 7.25. The summed E-state index contributed by atoms with van der Waals surface area (Å²) in [7, 11) is 0. The molecule has 0 bridgehead atoms. The number of benzene rings is 1. The summed E-state index contributed by atoms with van der Waals surface area (Å²) in [6.45, 7) is 0. The molecule has 0 atom stereocenters. The number of hydrogen-bond acceptors (Lipinski definition) is 2. The van der Waals surface area contributed by atoms with Crippen LogP contribution in [0.1, 0.15) is 29.6 Å². The lowest BCUT2D eigenvalue weighted by molar-refractivity contribution is 0.103. The van der Waals surface area contributed by atoms with Crippen molar-refractivity contribution in [2.24, 2.45) is 0 Å². The zero-order valence-electron chi connectivity index (χ0n) is 8.82. The van der Waals surface area contributed by atoms with Crippen molar-refractivity contribution in [3.8, 4) is 0 Å². The van der Waals surface area contributed by atoms with E-state index < -0.39 is 0 Å². The Kier molecular flexibility index (Phi) is 3.27. The van der Waals surface area contributed by atoms with Crippen LogP contribution in [-0.4, -0.2) is 12.0 Å². The van der Waals surface area contributed by atoms with Gasteiger partial charge in [0.1, 0.15) is 0 Å². The number of hydrogen-bond donors (Lipinski definition) is 0. The van der Waals surface area contributed by atoms with E-state index in [9.17, 15) is 4.79 Å². The van der Waals surface area contributed by atoms with Crippen molar-refractivity contribution in [1.82, 2.24) is 0 Å². The Morgan fingerprint density at radius 3 is 2.53 bits per heavy atom. The molecule has 2 heteroatoms. The Morgan fingerprint density at radius 2 is 2.00 bits per heavy atom. The number of Topliss-reactive ketones (excluding diaryl/α,β-unsaturated/α-hetero) is 1. The third kappa shape index (κ3) is 2.32. The number of carbonyl (C=O) groups is 1. The molecule has 0 radical (unpaired) electrons.